The number of rotatable bonds is 4. The zero-order valence-electron chi connectivity index (χ0n) is 17.5. The lowest BCUT2D eigenvalue weighted by Gasteiger charge is -2.21. The Balaban J connectivity index is 2.44. The topological polar surface area (TPSA) is 18.5 Å². The van der Waals surface area contributed by atoms with Crippen molar-refractivity contribution >= 4 is 21.5 Å². The third-order valence-corrected chi connectivity index (χ3v) is 5.28. The van der Waals surface area contributed by atoms with Gasteiger partial charge in [0.05, 0.1) is 13.7 Å². The molecule has 0 atom stereocenters. The fraction of sp³-hybridized carbons (Fsp3) is 0.130. The van der Waals surface area contributed by atoms with Crippen molar-refractivity contribution in [3.8, 4) is 22.6 Å². The van der Waals surface area contributed by atoms with Crippen molar-refractivity contribution in [1.82, 2.24) is 0 Å². The van der Waals surface area contributed by atoms with Gasteiger partial charge in [0.15, 0.2) is 69.7 Å². The normalized spacial score (nSPS) is 11.5. The summed E-state index contributed by atoms with van der Waals surface area (Å²) < 4.78 is 155. The predicted octanol–water partition coefficient (Wildman–Crippen LogP) is 7.46. The SMILES string of the molecule is CCOc1c(F)cc2c(F)c(F)c(F)c(F)c2c1-c1c(OC)c(F)cc2c(F)c(F)c(F)c(F)c12. The molecule has 0 radical (unpaired) electrons. The standard InChI is InChI=1S/C23H10F10O2/c1-3-35-23-9(25)5-7-11(17(29)21(33)19(31)15(7)27)13(23)12-10-6(4-8(24)22(12)34-2)14(26)18(30)20(32)16(10)28/h4-5H,3H2,1-2H3. The molecule has 0 bridgehead atoms. The molecule has 4 rings (SSSR count). The van der Waals surface area contributed by atoms with Crippen LogP contribution in [-0.2, 0) is 0 Å². The number of hydrogen-bond donors (Lipinski definition) is 0. The maximum atomic E-state index is 15.0. The van der Waals surface area contributed by atoms with Crippen molar-refractivity contribution in [2.45, 2.75) is 6.92 Å². The van der Waals surface area contributed by atoms with E-state index in [0.717, 1.165) is 7.11 Å². The lowest BCUT2D eigenvalue weighted by molar-refractivity contribution is 0.323. The Morgan fingerprint density at radius 2 is 0.914 bits per heavy atom. The third kappa shape index (κ3) is 3.34. The first-order valence-electron chi connectivity index (χ1n) is 9.61. The Morgan fingerprint density at radius 1 is 0.543 bits per heavy atom. The minimum absolute atomic E-state index is 0.220. The summed E-state index contributed by atoms with van der Waals surface area (Å²) in [7, 11) is 0.779. The molecular formula is C23H10F10O2. The molecule has 35 heavy (non-hydrogen) atoms. The smallest absolute Gasteiger partial charge is 0.198 e. The van der Waals surface area contributed by atoms with Gasteiger partial charge in [0.25, 0.3) is 0 Å². The summed E-state index contributed by atoms with van der Waals surface area (Å²) in [5.74, 6) is -23.1. The van der Waals surface area contributed by atoms with E-state index in [1.807, 2.05) is 0 Å². The van der Waals surface area contributed by atoms with Gasteiger partial charge in [-0.3, -0.25) is 0 Å². The maximum Gasteiger partial charge on any atom is 0.198 e. The van der Waals surface area contributed by atoms with Gasteiger partial charge in [-0.1, -0.05) is 0 Å². The fourth-order valence-corrected chi connectivity index (χ4v) is 3.87. The van der Waals surface area contributed by atoms with E-state index in [0.29, 0.717) is 0 Å². The molecule has 4 aromatic carbocycles. The van der Waals surface area contributed by atoms with Gasteiger partial charge in [0, 0.05) is 32.7 Å². The Kier molecular flexibility index (Phi) is 5.94. The quantitative estimate of drug-likeness (QED) is 0.162. The molecule has 0 aliphatic rings. The Morgan fingerprint density at radius 3 is 1.31 bits per heavy atom. The van der Waals surface area contributed by atoms with E-state index in [4.69, 9.17) is 9.47 Å². The predicted molar refractivity (Wildman–Crippen MR) is 104 cm³/mol. The number of fused-ring (bicyclic) bond motifs is 2. The summed E-state index contributed by atoms with van der Waals surface area (Å²) in [5, 5.41) is -5.06. The van der Waals surface area contributed by atoms with E-state index < -0.39 is 109 Å². The molecule has 0 saturated carbocycles. The highest BCUT2D eigenvalue weighted by molar-refractivity contribution is 6.10. The van der Waals surface area contributed by atoms with Crippen LogP contribution in [-0.4, -0.2) is 13.7 Å². The molecule has 4 aromatic rings. The van der Waals surface area contributed by atoms with Crippen LogP contribution in [0, 0.1) is 58.2 Å². The van der Waals surface area contributed by atoms with Crippen LogP contribution < -0.4 is 9.47 Å². The molecule has 0 aliphatic heterocycles. The maximum absolute atomic E-state index is 15.0. The van der Waals surface area contributed by atoms with Crippen molar-refractivity contribution < 1.29 is 53.4 Å². The van der Waals surface area contributed by atoms with E-state index in [-0.39, 0.29) is 12.1 Å². The number of benzene rings is 4. The molecule has 2 nitrogen and oxygen atoms in total. The molecule has 0 aliphatic carbocycles. The van der Waals surface area contributed by atoms with Crippen LogP contribution in [0.25, 0.3) is 32.7 Å². The molecule has 0 aromatic heterocycles. The van der Waals surface area contributed by atoms with Crippen molar-refractivity contribution in [1.29, 1.82) is 0 Å². The van der Waals surface area contributed by atoms with Crippen LogP contribution in [0.5, 0.6) is 11.5 Å². The lowest BCUT2D eigenvalue weighted by atomic mass is 9.90. The number of ether oxygens (including phenoxy) is 2. The first-order valence-corrected chi connectivity index (χ1v) is 9.61. The van der Waals surface area contributed by atoms with Gasteiger partial charge in [-0.05, 0) is 19.1 Å². The van der Waals surface area contributed by atoms with Crippen LogP contribution in [0.2, 0.25) is 0 Å². The monoisotopic (exact) mass is 508 g/mol. The van der Waals surface area contributed by atoms with Gasteiger partial charge < -0.3 is 9.47 Å². The van der Waals surface area contributed by atoms with Gasteiger partial charge in [-0.2, -0.15) is 0 Å². The number of halogens is 10. The van der Waals surface area contributed by atoms with Gasteiger partial charge in [0.2, 0.25) is 0 Å². The summed E-state index contributed by atoms with van der Waals surface area (Å²) >= 11 is 0. The molecule has 184 valence electrons. The van der Waals surface area contributed by atoms with Crippen LogP contribution in [0.15, 0.2) is 12.1 Å². The van der Waals surface area contributed by atoms with Crippen molar-refractivity contribution in [2.24, 2.45) is 0 Å². The van der Waals surface area contributed by atoms with Gasteiger partial charge in [-0.15, -0.1) is 0 Å². The summed E-state index contributed by atoms with van der Waals surface area (Å²) in [5.41, 5.74) is -2.34. The number of methoxy groups -OCH3 is 1. The van der Waals surface area contributed by atoms with Gasteiger partial charge >= 0.3 is 0 Å². The minimum atomic E-state index is -2.38. The van der Waals surface area contributed by atoms with Crippen LogP contribution in [0.3, 0.4) is 0 Å². The van der Waals surface area contributed by atoms with E-state index in [1.54, 1.807) is 0 Å². The zero-order chi connectivity index (χ0) is 25.9. The van der Waals surface area contributed by atoms with Crippen molar-refractivity contribution in [2.75, 3.05) is 13.7 Å². The second-order valence-electron chi connectivity index (χ2n) is 7.12. The van der Waals surface area contributed by atoms with E-state index >= 15 is 4.39 Å². The molecule has 0 fully saturated rings. The van der Waals surface area contributed by atoms with E-state index in [2.05, 4.69) is 0 Å². The summed E-state index contributed by atoms with van der Waals surface area (Å²) in [6.45, 7) is 0.879. The Labute approximate surface area is 189 Å². The fourth-order valence-electron chi connectivity index (χ4n) is 3.87. The summed E-state index contributed by atoms with van der Waals surface area (Å²) in [6, 6.07) is 0.452. The number of hydrogen-bond acceptors (Lipinski definition) is 2. The first kappa shape index (κ1) is 24.4. The Hall–Kier alpha value is -3.70. The summed E-state index contributed by atoms with van der Waals surface area (Å²) in [6.07, 6.45) is 0. The molecule has 0 N–H and O–H groups in total. The van der Waals surface area contributed by atoms with Crippen molar-refractivity contribution in [3.63, 3.8) is 0 Å². The van der Waals surface area contributed by atoms with Gasteiger partial charge in [-0.25, -0.2) is 43.9 Å². The molecule has 0 amide bonds. The largest absolute Gasteiger partial charge is 0.493 e. The van der Waals surface area contributed by atoms with Crippen LogP contribution in [0.4, 0.5) is 43.9 Å². The highest BCUT2D eigenvalue weighted by Crippen LogP contribution is 2.50. The third-order valence-electron chi connectivity index (χ3n) is 5.28. The average Bonchev–Trinajstić information content (AvgIpc) is 2.83. The van der Waals surface area contributed by atoms with E-state index in [9.17, 15) is 39.5 Å². The Bertz CT molecular complexity index is 1550. The summed E-state index contributed by atoms with van der Waals surface area (Å²) in [4.78, 5) is 0. The van der Waals surface area contributed by atoms with Gasteiger partial charge in [0.1, 0.15) is 0 Å². The van der Waals surface area contributed by atoms with E-state index in [1.165, 1.54) is 6.92 Å². The molecule has 0 heterocycles. The highest BCUT2D eigenvalue weighted by Gasteiger charge is 2.33. The zero-order valence-corrected chi connectivity index (χ0v) is 17.5. The average molecular weight is 508 g/mol. The molecule has 12 heteroatoms. The first-order chi connectivity index (χ1) is 16.5. The molecule has 0 spiro atoms. The molecule has 0 unspecified atom stereocenters. The molecule has 0 saturated heterocycles. The van der Waals surface area contributed by atoms with Crippen LogP contribution >= 0.6 is 0 Å². The van der Waals surface area contributed by atoms with Crippen molar-refractivity contribution in [3.05, 3.63) is 70.3 Å². The molecular weight excluding hydrogens is 498 g/mol. The lowest BCUT2D eigenvalue weighted by Crippen LogP contribution is -2.07. The second kappa shape index (κ2) is 8.51. The highest BCUT2D eigenvalue weighted by atomic mass is 19.2. The minimum Gasteiger partial charge on any atom is -0.493 e. The van der Waals surface area contributed by atoms with Crippen LogP contribution in [0.1, 0.15) is 6.92 Å². The second-order valence-corrected chi connectivity index (χ2v) is 7.12.